The Bertz CT molecular complexity index is 237. The van der Waals surface area contributed by atoms with E-state index >= 15 is 0 Å². The van der Waals surface area contributed by atoms with Gasteiger partial charge in [-0.15, -0.1) is 11.6 Å². The minimum atomic E-state index is -2.89. The first-order valence-electron chi connectivity index (χ1n) is 4.39. The highest BCUT2D eigenvalue weighted by Crippen LogP contribution is 1.92. The monoisotopic (exact) mass is 242 g/mol. The Morgan fingerprint density at radius 1 is 1.50 bits per heavy atom. The summed E-state index contributed by atoms with van der Waals surface area (Å²) in [6.45, 7) is 2.48. The predicted octanol–water partition coefficient (Wildman–Crippen LogP) is 0.563. The van der Waals surface area contributed by atoms with Crippen LogP contribution in [0.25, 0.3) is 0 Å². The Hall–Kier alpha value is -0.490. The minimum absolute atomic E-state index is 0.0121. The summed E-state index contributed by atoms with van der Waals surface area (Å²) in [6.07, 6.45) is 1.77. The van der Waals surface area contributed by atoms with Crippen LogP contribution in [0.2, 0.25) is 0 Å². The third kappa shape index (κ3) is 5.29. The van der Waals surface area contributed by atoms with Gasteiger partial charge in [0.05, 0.1) is 6.54 Å². The number of hydrogen-bond acceptors (Lipinski definition) is 3. The molecule has 0 unspecified atom stereocenters. The van der Waals surface area contributed by atoms with E-state index in [1.807, 2.05) is 6.92 Å². The van der Waals surface area contributed by atoms with Crippen molar-refractivity contribution >= 4 is 28.5 Å². The third-order valence-electron chi connectivity index (χ3n) is 1.53. The number of carbonyl (C=O) groups is 1. The van der Waals surface area contributed by atoms with Gasteiger partial charge in [0, 0.05) is 12.4 Å². The predicted molar refractivity (Wildman–Crippen MR) is 56.0 cm³/mol. The van der Waals surface area contributed by atoms with E-state index in [-0.39, 0.29) is 12.4 Å². The zero-order valence-electron chi connectivity index (χ0n) is 8.03. The van der Waals surface area contributed by atoms with E-state index in [1.54, 1.807) is 0 Å². The van der Waals surface area contributed by atoms with E-state index in [0.29, 0.717) is 10.8 Å². The summed E-state index contributed by atoms with van der Waals surface area (Å²) in [7, 11) is -2.89. The maximum absolute atomic E-state index is 11.2. The zero-order chi connectivity index (χ0) is 11.0. The zero-order valence-corrected chi connectivity index (χ0v) is 9.68. The molecular formula is C7H15ClN2O3S. The second-order valence-corrected chi connectivity index (χ2v) is 3.97. The van der Waals surface area contributed by atoms with Crippen molar-refractivity contribution in [1.29, 1.82) is 0 Å². The number of urea groups is 1. The van der Waals surface area contributed by atoms with Gasteiger partial charge in [0.2, 0.25) is 10.9 Å². The fourth-order valence-corrected chi connectivity index (χ4v) is 1.57. The third-order valence-corrected chi connectivity index (χ3v) is 2.48. The topological polar surface area (TPSA) is 66.5 Å². The molecule has 84 valence electrons. The molecule has 5 nitrogen and oxygen atoms in total. The number of nitrogens with zero attached hydrogens (tertiary/aromatic N) is 1. The number of unbranched alkanes of at least 4 members (excludes halogenated alkanes) is 1. The summed E-state index contributed by atoms with van der Waals surface area (Å²) in [5.41, 5.74) is 0. The Labute approximate surface area is 90.5 Å². The molecule has 0 aliphatic heterocycles. The van der Waals surface area contributed by atoms with Crippen LogP contribution in [0.5, 0.6) is 0 Å². The van der Waals surface area contributed by atoms with E-state index in [4.69, 9.17) is 11.6 Å². The van der Waals surface area contributed by atoms with Gasteiger partial charge in [-0.25, -0.2) is 17.5 Å². The van der Waals surface area contributed by atoms with Gasteiger partial charge >= 0.3 is 6.03 Å². The molecule has 7 heteroatoms. The summed E-state index contributed by atoms with van der Waals surface area (Å²) >= 11 is 5.36. The van der Waals surface area contributed by atoms with Crippen molar-refractivity contribution < 1.29 is 13.2 Å². The summed E-state index contributed by atoms with van der Waals surface area (Å²) in [5, 5.41) is 2.49. The van der Waals surface area contributed by atoms with Crippen LogP contribution >= 0.6 is 11.6 Å². The second kappa shape index (κ2) is 7.87. The molecule has 0 saturated carbocycles. The number of thiol groups is 1. The molecule has 0 aromatic carbocycles. The Kier molecular flexibility index (Phi) is 7.60. The molecule has 0 spiro atoms. The van der Waals surface area contributed by atoms with Crippen molar-refractivity contribution in [1.82, 2.24) is 9.62 Å². The SMILES string of the molecule is CCCCNC(=O)N(CCCl)[SH](=O)=O. The lowest BCUT2D eigenvalue weighted by atomic mass is 10.3. The highest BCUT2D eigenvalue weighted by Gasteiger charge is 2.13. The van der Waals surface area contributed by atoms with Crippen LogP contribution in [0.3, 0.4) is 0 Å². The number of amides is 2. The molecule has 2 amide bonds. The van der Waals surface area contributed by atoms with Gasteiger partial charge in [-0.3, -0.25) is 0 Å². The molecule has 0 bridgehead atoms. The number of carbonyl (C=O) groups excluding carboxylic acids is 1. The van der Waals surface area contributed by atoms with Gasteiger partial charge in [-0.2, -0.15) is 0 Å². The molecule has 0 rings (SSSR count). The number of rotatable bonds is 6. The highest BCUT2D eigenvalue weighted by molar-refractivity contribution is 7.70. The van der Waals surface area contributed by atoms with E-state index in [0.717, 1.165) is 12.8 Å². The maximum Gasteiger partial charge on any atom is 0.330 e. The first-order valence-corrected chi connectivity index (χ1v) is 6.05. The summed E-state index contributed by atoms with van der Waals surface area (Å²) in [5.74, 6) is 0.102. The van der Waals surface area contributed by atoms with Gasteiger partial charge in [-0.05, 0) is 6.42 Å². The normalized spacial score (nSPS) is 10.2. The molecular weight excluding hydrogens is 228 g/mol. The fourth-order valence-electron chi connectivity index (χ4n) is 0.801. The van der Waals surface area contributed by atoms with E-state index in [9.17, 15) is 13.2 Å². The molecule has 0 aliphatic carbocycles. The number of halogens is 1. The molecule has 0 aromatic rings. The van der Waals surface area contributed by atoms with Crippen molar-refractivity contribution in [3.8, 4) is 0 Å². The van der Waals surface area contributed by atoms with Gasteiger partial charge in [-0.1, -0.05) is 13.3 Å². The molecule has 1 N–H and O–H groups in total. The largest absolute Gasteiger partial charge is 0.337 e. The molecule has 0 fully saturated rings. The first-order chi connectivity index (χ1) is 6.63. The standard InChI is InChI=1S/C7H15ClN2O3S/c1-2-3-5-9-7(11)10(6-4-8)14(12)13/h14H,2-6H2,1H3,(H,9,11). The molecule has 0 aromatic heterocycles. The smallest absolute Gasteiger partial charge is 0.330 e. The number of alkyl halides is 1. The molecule has 0 aliphatic rings. The molecule has 0 saturated heterocycles. The lowest BCUT2D eigenvalue weighted by Gasteiger charge is -2.14. The summed E-state index contributed by atoms with van der Waals surface area (Å²) < 4.78 is 21.9. The average molecular weight is 243 g/mol. The van der Waals surface area contributed by atoms with Crippen molar-refractivity contribution in [2.45, 2.75) is 19.8 Å². The van der Waals surface area contributed by atoms with E-state index in [1.165, 1.54) is 0 Å². The van der Waals surface area contributed by atoms with Gasteiger partial charge < -0.3 is 5.32 Å². The van der Waals surface area contributed by atoms with Gasteiger partial charge in [0.25, 0.3) is 0 Å². The quantitative estimate of drug-likeness (QED) is 0.406. The Morgan fingerprint density at radius 2 is 2.14 bits per heavy atom. The molecule has 0 radical (unpaired) electrons. The maximum atomic E-state index is 11.2. The number of nitrogens with one attached hydrogen (secondary N) is 1. The lowest BCUT2D eigenvalue weighted by molar-refractivity contribution is 0.225. The van der Waals surface area contributed by atoms with E-state index < -0.39 is 16.9 Å². The van der Waals surface area contributed by atoms with Crippen LogP contribution < -0.4 is 5.32 Å². The highest BCUT2D eigenvalue weighted by atomic mass is 35.5. The van der Waals surface area contributed by atoms with Crippen LogP contribution in [0, 0.1) is 0 Å². The second-order valence-electron chi connectivity index (χ2n) is 2.64. The van der Waals surface area contributed by atoms with Gasteiger partial charge in [0.15, 0.2) is 0 Å². The van der Waals surface area contributed by atoms with Crippen LogP contribution in [0.1, 0.15) is 19.8 Å². The molecule has 0 atom stereocenters. The van der Waals surface area contributed by atoms with Crippen molar-refractivity contribution in [2.75, 3.05) is 19.0 Å². The summed E-state index contributed by atoms with van der Waals surface area (Å²) in [4.78, 5) is 11.2. The summed E-state index contributed by atoms with van der Waals surface area (Å²) in [6, 6.07) is -0.602. The average Bonchev–Trinajstić information content (AvgIpc) is 2.13. The Balaban J connectivity index is 4.02. The van der Waals surface area contributed by atoms with E-state index in [2.05, 4.69) is 5.32 Å². The van der Waals surface area contributed by atoms with Crippen LogP contribution in [0.4, 0.5) is 4.79 Å². The minimum Gasteiger partial charge on any atom is -0.337 e. The molecule has 0 heterocycles. The van der Waals surface area contributed by atoms with Gasteiger partial charge in [0.1, 0.15) is 0 Å². The number of hydrogen-bond donors (Lipinski definition) is 2. The lowest BCUT2D eigenvalue weighted by Crippen LogP contribution is -2.40. The van der Waals surface area contributed by atoms with Crippen molar-refractivity contribution in [2.24, 2.45) is 0 Å². The Morgan fingerprint density at radius 3 is 2.57 bits per heavy atom. The van der Waals surface area contributed by atoms with Crippen LogP contribution in [-0.2, 0) is 10.9 Å². The van der Waals surface area contributed by atoms with Crippen molar-refractivity contribution in [3.05, 3.63) is 0 Å². The fraction of sp³-hybridized carbons (Fsp3) is 0.857. The van der Waals surface area contributed by atoms with Crippen molar-refractivity contribution in [3.63, 3.8) is 0 Å². The molecule has 14 heavy (non-hydrogen) atoms. The van der Waals surface area contributed by atoms with Crippen LogP contribution in [0.15, 0.2) is 0 Å². The van der Waals surface area contributed by atoms with Crippen LogP contribution in [-0.4, -0.2) is 37.7 Å². The first kappa shape index (κ1) is 13.5.